The lowest BCUT2D eigenvalue weighted by molar-refractivity contribution is 0.209. The lowest BCUT2D eigenvalue weighted by Crippen LogP contribution is -2.39. The highest BCUT2D eigenvalue weighted by atomic mass is 32.3. The number of amides is 2. The van der Waals surface area contributed by atoms with Gasteiger partial charge < -0.3 is 5.32 Å². The predicted octanol–water partition coefficient (Wildman–Crippen LogP) is -0.117. The van der Waals surface area contributed by atoms with Crippen LogP contribution in [0.3, 0.4) is 0 Å². The van der Waals surface area contributed by atoms with Crippen molar-refractivity contribution in [2.45, 2.75) is 12.4 Å². The summed E-state index contributed by atoms with van der Waals surface area (Å²) in [5, 5.41) is 2.44. The van der Waals surface area contributed by atoms with Gasteiger partial charge in [0.15, 0.2) is 5.50 Å². The molecule has 0 spiro atoms. The molecular weight excluding hydrogens is 252 g/mol. The van der Waals surface area contributed by atoms with Crippen LogP contribution in [0.1, 0.15) is 6.92 Å². The van der Waals surface area contributed by atoms with Gasteiger partial charge in [0.2, 0.25) is 10.0 Å². The van der Waals surface area contributed by atoms with Gasteiger partial charge in [0.1, 0.15) is 6.34 Å². The summed E-state index contributed by atoms with van der Waals surface area (Å²) < 4.78 is 24.1. The molecular formula is C7H14N4O3S2. The Balaban J connectivity index is 2.68. The fraction of sp³-hybridized carbons (Fsp3) is 0.714. The molecule has 1 N–H and O–H groups in total. The molecule has 0 aromatic rings. The Kier molecular flexibility index (Phi) is 4.03. The van der Waals surface area contributed by atoms with Crippen molar-refractivity contribution >= 4 is 34.3 Å². The van der Waals surface area contributed by atoms with Crippen LogP contribution in [0.4, 0.5) is 4.79 Å². The zero-order chi connectivity index (χ0) is 12.3. The van der Waals surface area contributed by atoms with Crippen molar-refractivity contribution in [1.29, 1.82) is 0 Å². The van der Waals surface area contributed by atoms with Crippen LogP contribution < -0.4 is 5.32 Å². The van der Waals surface area contributed by atoms with Crippen LogP contribution in [0.25, 0.3) is 0 Å². The van der Waals surface area contributed by atoms with Gasteiger partial charge in [-0.25, -0.2) is 18.2 Å². The highest BCUT2D eigenvalue weighted by Crippen LogP contribution is 2.27. The second kappa shape index (κ2) is 4.91. The van der Waals surface area contributed by atoms with E-state index in [1.807, 2.05) is 0 Å². The van der Waals surface area contributed by atoms with Crippen molar-refractivity contribution in [3.63, 3.8) is 0 Å². The Bertz CT molecular complexity index is 394. The number of nitrogens with zero attached hydrogens (tertiary/aromatic N) is 3. The van der Waals surface area contributed by atoms with Gasteiger partial charge in [-0.05, 0) is 6.92 Å². The van der Waals surface area contributed by atoms with Gasteiger partial charge in [-0.3, -0.25) is 4.90 Å². The molecule has 0 fully saturated rings. The summed E-state index contributed by atoms with van der Waals surface area (Å²) in [4.78, 5) is 16.6. The number of carbonyl (C=O) groups is 1. The van der Waals surface area contributed by atoms with Crippen molar-refractivity contribution in [2.24, 2.45) is 4.99 Å². The number of sulfonamides is 1. The molecule has 1 unspecified atom stereocenters. The molecule has 7 nitrogen and oxygen atoms in total. The minimum Gasteiger partial charge on any atom is -0.341 e. The second-order valence-electron chi connectivity index (χ2n) is 3.02. The number of nitrogens with one attached hydrogen (secondary N) is 1. The summed E-state index contributed by atoms with van der Waals surface area (Å²) >= 11 is 0.982. The topological polar surface area (TPSA) is 82.1 Å². The Labute approximate surface area is 99.1 Å². The fourth-order valence-electron chi connectivity index (χ4n) is 0.971. The second-order valence-corrected chi connectivity index (χ2v) is 6.41. The molecule has 9 heteroatoms. The quantitative estimate of drug-likeness (QED) is 0.722. The van der Waals surface area contributed by atoms with Crippen LogP contribution in [-0.2, 0) is 10.0 Å². The van der Waals surface area contributed by atoms with Gasteiger partial charge >= 0.3 is 6.03 Å². The molecule has 1 rings (SSSR count). The maximum Gasteiger partial charge on any atom is 0.319 e. The van der Waals surface area contributed by atoms with E-state index in [0.717, 1.165) is 15.7 Å². The molecule has 16 heavy (non-hydrogen) atoms. The number of urea groups is 1. The molecule has 92 valence electrons. The number of hydrogen-bond acceptors (Lipinski definition) is 5. The van der Waals surface area contributed by atoms with E-state index in [4.69, 9.17) is 0 Å². The third kappa shape index (κ3) is 2.59. The van der Waals surface area contributed by atoms with E-state index in [1.54, 1.807) is 14.0 Å². The summed E-state index contributed by atoms with van der Waals surface area (Å²) in [5.74, 6) is 0.00241. The van der Waals surface area contributed by atoms with Crippen molar-refractivity contribution in [3.05, 3.63) is 0 Å². The molecule has 2 amide bonds. The molecule has 0 bridgehead atoms. The van der Waals surface area contributed by atoms with Gasteiger partial charge in [0.25, 0.3) is 0 Å². The lowest BCUT2D eigenvalue weighted by atomic mass is 10.7. The fourth-order valence-corrected chi connectivity index (χ4v) is 3.14. The highest BCUT2D eigenvalue weighted by Gasteiger charge is 2.31. The summed E-state index contributed by atoms with van der Waals surface area (Å²) in [5.41, 5.74) is -0.540. The molecule has 1 aliphatic rings. The number of rotatable bonds is 3. The van der Waals surface area contributed by atoms with Crippen molar-refractivity contribution in [3.8, 4) is 0 Å². The van der Waals surface area contributed by atoms with Crippen LogP contribution in [0.5, 0.6) is 0 Å². The van der Waals surface area contributed by atoms with Crippen LogP contribution >= 0.6 is 11.9 Å². The maximum absolute atomic E-state index is 11.5. The number of hydrogen-bond donors (Lipinski definition) is 1. The van der Waals surface area contributed by atoms with Gasteiger partial charge in [0, 0.05) is 26.0 Å². The minimum atomic E-state index is -3.31. The summed E-state index contributed by atoms with van der Waals surface area (Å²) in [6, 6.07) is -0.314. The van der Waals surface area contributed by atoms with E-state index in [2.05, 4.69) is 10.3 Å². The van der Waals surface area contributed by atoms with Crippen molar-refractivity contribution < 1.29 is 13.2 Å². The highest BCUT2D eigenvalue weighted by molar-refractivity contribution is 8.09. The predicted molar refractivity (Wildman–Crippen MR) is 63.4 cm³/mol. The standard InChI is InChI=1S/C7H14N4O3S2/c1-4-16(13,14)11-5-9-7(15-11)10(3)6(12)8-2/h5,7H,4H2,1-3H3,(H,8,12). The lowest BCUT2D eigenvalue weighted by Gasteiger charge is -2.21. The Morgan fingerprint density at radius 3 is 2.81 bits per heavy atom. The van der Waals surface area contributed by atoms with Gasteiger partial charge in [-0.15, -0.1) is 0 Å². The van der Waals surface area contributed by atoms with Crippen LogP contribution in [0, 0.1) is 0 Å². The average molecular weight is 266 g/mol. The first-order valence-electron chi connectivity index (χ1n) is 4.59. The first-order chi connectivity index (χ1) is 7.42. The summed E-state index contributed by atoms with van der Waals surface area (Å²) in [6.45, 7) is 1.56. The van der Waals surface area contributed by atoms with Crippen LogP contribution in [0.2, 0.25) is 0 Å². The Hall–Kier alpha value is -0.960. The molecule has 0 aromatic carbocycles. The Morgan fingerprint density at radius 1 is 1.69 bits per heavy atom. The molecule has 0 saturated carbocycles. The molecule has 0 radical (unpaired) electrons. The zero-order valence-electron chi connectivity index (χ0n) is 9.24. The van der Waals surface area contributed by atoms with E-state index in [0.29, 0.717) is 0 Å². The molecule has 0 aliphatic carbocycles. The smallest absolute Gasteiger partial charge is 0.319 e. The normalized spacial score (nSPS) is 19.9. The van der Waals surface area contributed by atoms with E-state index in [9.17, 15) is 13.2 Å². The van der Waals surface area contributed by atoms with Crippen LogP contribution in [0.15, 0.2) is 4.99 Å². The monoisotopic (exact) mass is 266 g/mol. The zero-order valence-corrected chi connectivity index (χ0v) is 10.9. The number of aliphatic imine (C=N–C) groups is 1. The molecule has 0 aromatic heterocycles. The first-order valence-corrected chi connectivity index (χ1v) is 7.03. The molecule has 1 heterocycles. The maximum atomic E-state index is 11.5. The average Bonchev–Trinajstić information content (AvgIpc) is 2.76. The van der Waals surface area contributed by atoms with Gasteiger partial charge in [0.05, 0.1) is 5.75 Å². The summed E-state index contributed by atoms with van der Waals surface area (Å²) in [6.07, 6.45) is 1.23. The first kappa shape index (κ1) is 13.1. The Morgan fingerprint density at radius 2 is 2.31 bits per heavy atom. The largest absolute Gasteiger partial charge is 0.341 e. The van der Waals surface area contributed by atoms with Gasteiger partial charge in [-0.1, -0.05) is 0 Å². The van der Waals surface area contributed by atoms with E-state index in [1.165, 1.54) is 18.3 Å². The van der Waals surface area contributed by atoms with Crippen molar-refractivity contribution in [2.75, 3.05) is 19.8 Å². The molecule has 1 atom stereocenters. The van der Waals surface area contributed by atoms with E-state index < -0.39 is 15.5 Å². The van der Waals surface area contributed by atoms with E-state index >= 15 is 0 Å². The molecule has 0 saturated heterocycles. The van der Waals surface area contributed by atoms with Gasteiger partial charge in [-0.2, -0.15) is 3.71 Å². The minimum absolute atomic E-state index is 0.00241. The van der Waals surface area contributed by atoms with E-state index in [-0.39, 0.29) is 11.8 Å². The number of carbonyl (C=O) groups excluding carboxylic acids is 1. The third-order valence-corrected chi connectivity index (χ3v) is 5.23. The SMILES string of the molecule is CCS(=O)(=O)N1C=NC(N(C)C(=O)NC)S1. The third-order valence-electron chi connectivity index (χ3n) is 1.99. The van der Waals surface area contributed by atoms with Crippen LogP contribution in [-0.4, -0.2) is 54.7 Å². The summed E-state index contributed by atoms with van der Waals surface area (Å²) in [7, 11) is -0.254. The van der Waals surface area contributed by atoms with Crippen molar-refractivity contribution in [1.82, 2.24) is 13.9 Å². The molecule has 1 aliphatic heterocycles.